The lowest BCUT2D eigenvalue weighted by Gasteiger charge is -2.31. The number of morpholine rings is 1. The van der Waals surface area contributed by atoms with Crippen LogP contribution >= 0.6 is 0 Å². The number of carbonyl (C=O) groups is 1. The van der Waals surface area contributed by atoms with Gasteiger partial charge in [-0.15, -0.1) is 0 Å². The van der Waals surface area contributed by atoms with Crippen molar-refractivity contribution in [1.82, 2.24) is 24.6 Å². The summed E-state index contributed by atoms with van der Waals surface area (Å²) in [6.45, 7) is 5.95. The molecule has 1 amide bonds. The zero-order valence-corrected chi connectivity index (χ0v) is 19.5. The highest BCUT2D eigenvalue weighted by molar-refractivity contribution is 5.89. The highest BCUT2D eigenvalue weighted by Gasteiger charge is 2.28. The van der Waals surface area contributed by atoms with Gasteiger partial charge < -0.3 is 19.3 Å². The van der Waals surface area contributed by atoms with Gasteiger partial charge in [0.25, 0.3) is 5.69 Å². The average molecular weight is 482 g/mol. The number of nitro groups is 1. The largest absolute Gasteiger partial charge is 0.450 e. The van der Waals surface area contributed by atoms with Crippen LogP contribution in [0.15, 0.2) is 30.5 Å². The Morgan fingerprint density at radius 3 is 2.51 bits per heavy atom. The number of non-ortho nitro benzene ring substituents is 1. The van der Waals surface area contributed by atoms with Crippen LogP contribution in [0.25, 0.3) is 22.4 Å². The smallest absolute Gasteiger partial charge is 0.409 e. The van der Waals surface area contributed by atoms with Crippen molar-refractivity contribution >= 4 is 28.6 Å². The van der Waals surface area contributed by atoms with Crippen molar-refractivity contribution in [3.05, 3.63) is 40.6 Å². The summed E-state index contributed by atoms with van der Waals surface area (Å²) in [6.07, 6.45) is 2.99. The van der Waals surface area contributed by atoms with Gasteiger partial charge in [0, 0.05) is 43.9 Å². The lowest BCUT2D eigenvalue weighted by molar-refractivity contribution is -0.384. The maximum Gasteiger partial charge on any atom is 0.409 e. The molecule has 0 spiro atoms. The number of benzene rings is 1. The Morgan fingerprint density at radius 1 is 1.14 bits per heavy atom. The zero-order valence-electron chi connectivity index (χ0n) is 19.5. The quantitative estimate of drug-likeness (QED) is 0.399. The van der Waals surface area contributed by atoms with Gasteiger partial charge in [0.15, 0.2) is 11.5 Å². The number of piperidine rings is 1. The Labute approximate surface area is 201 Å². The molecule has 5 rings (SSSR count). The van der Waals surface area contributed by atoms with Crippen molar-refractivity contribution in [2.75, 3.05) is 50.9 Å². The van der Waals surface area contributed by atoms with Gasteiger partial charge in [-0.05, 0) is 31.9 Å². The molecule has 0 aliphatic carbocycles. The van der Waals surface area contributed by atoms with E-state index < -0.39 is 4.92 Å². The summed E-state index contributed by atoms with van der Waals surface area (Å²) in [5, 5.41) is 16.6. The zero-order chi connectivity index (χ0) is 24.4. The minimum absolute atomic E-state index is 0.0154. The first-order valence-electron chi connectivity index (χ1n) is 11.8. The van der Waals surface area contributed by atoms with Crippen molar-refractivity contribution in [1.29, 1.82) is 0 Å². The van der Waals surface area contributed by atoms with E-state index in [1.54, 1.807) is 30.2 Å². The number of anilines is 1. The van der Waals surface area contributed by atoms with E-state index in [-0.39, 0.29) is 17.8 Å². The normalized spacial score (nSPS) is 17.1. The molecule has 0 N–H and O–H groups in total. The minimum Gasteiger partial charge on any atom is -0.450 e. The second-order valence-electron chi connectivity index (χ2n) is 8.52. The SMILES string of the molecule is CCOC(=O)N1CCC(n2ncc3c(N4CCOCC4)nc(-c4ccc([N+](=O)[O-])cc4)nc32)CC1. The Hall–Kier alpha value is -3.80. The number of likely N-dealkylation sites (tertiary alicyclic amines) is 1. The van der Waals surface area contributed by atoms with E-state index >= 15 is 0 Å². The van der Waals surface area contributed by atoms with E-state index in [2.05, 4.69) is 10.00 Å². The molecular formula is C23H27N7O5. The summed E-state index contributed by atoms with van der Waals surface area (Å²) in [7, 11) is 0. The summed E-state index contributed by atoms with van der Waals surface area (Å²) < 4.78 is 12.6. The Balaban J connectivity index is 1.51. The Morgan fingerprint density at radius 2 is 1.86 bits per heavy atom. The number of hydrogen-bond donors (Lipinski definition) is 0. The summed E-state index contributed by atoms with van der Waals surface area (Å²) in [5.74, 6) is 1.27. The summed E-state index contributed by atoms with van der Waals surface area (Å²) in [6, 6.07) is 6.33. The van der Waals surface area contributed by atoms with E-state index in [4.69, 9.17) is 19.4 Å². The molecule has 12 heteroatoms. The highest BCUT2D eigenvalue weighted by atomic mass is 16.6. The van der Waals surface area contributed by atoms with Gasteiger partial charge in [0.1, 0.15) is 5.82 Å². The van der Waals surface area contributed by atoms with Crippen molar-refractivity contribution in [2.45, 2.75) is 25.8 Å². The van der Waals surface area contributed by atoms with Gasteiger partial charge in [0.05, 0.1) is 42.4 Å². The maximum atomic E-state index is 12.1. The van der Waals surface area contributed by atoms with Crippen LogP contribution in [0.5, 0.6) is 0 Å². The fraction of sp³-hybridized carbons (Fsp3) is 0.478. The summed E-state index contributed by atoms with van der Waals surface area (Å²) in [4.78, 5) is 36.3. The highest BCUT2D eigenvalue weighted by Crippen LogP contribution is 2.32. The van der Waals surface area contributed by atoms with Crippen molar-refractivity contribution in [3.8, 4) is 11.4 Å². The van der Waals surface area contributed by atoms with Crippen molar-refractivity contribution in [2.24, 2.45) is 0 Å². The van der Waals surface area contributed by atoms with Crippen LogP contribution in [0, 0.1) is 10.1 Å². The van der Waals surface area contributed by atoms with E-state index in [1.807, 2.05) is 4.68 Å². The van der Waals surface area contributed by atoms with E-state index in [0.717, 1.165) is 24.0 Å². The predicted molar refractivity (Wildman–Crippen MR) is 127 cm³/mol. The third-order valence-corrected chi connectivity index (χ3v) is 6.42. The molecule has 0 unspecified atom stereocenters. The molecule has 2 aromatic heterocycles. The molecule has 184 valence electrons. The van der Waals surface area contributed by atoms with Gasteiger partial charge in [-0.2, -0.15) is 5.10 Å². The number of hydrogen-bond acceptors (Lipinski definition) is 9. The summed E-state index contributed by atoms with van der Waals surface area (Å²) >= 11 is 0. The number of carbonyl (C=O) groups excluding carboxylic acids is 1. The molecule has 2 aliphatic rings. The van der Waals surface area contributed by atoms with Crippen LogP contribution in [0.2, 0.25) is 0 Å². The van der Waals surface area contributed by atoms with Crippen LogP contribution in [0.1, 0.15) is 25.8 Å². The van der Waals surface area contributed by atoms with Crippen molar-refractivity contribution in [3.63, 3.8) is 0 Å². The second kappa shape index (κ2) is 9.82. The monoisotopic (exact) mass is 481 g/mol. The van der Waals surface area contributed by atoms with Crippen LogP contribution in [-0.2, 0) is 9.47 Å². The average Bonchev–Trinajstić information content (AvgIpc) is 3.33. The molecule has 35 heavy (non-hydrogen) atoms. The van der Waals surface area contributed by atoms with E-state index in [9.17, 15) is 14.9 Å². The molecule has 2 saturated heterocycles. The van der Waals surface area contributed by atoms with Gasteiger partial charge in [0.2, 0.25) is 0 Å². The van der Waals surface area contributed by atoms with Crippen LogP contribution in [0.3, 0.4) is 0 Å². The molecule has 3 aromatic rings. The van der Waals surface area contributed by atoms with E-state index in [0.29, 0.717) is 63.0 Å². The molecule has 0 atom stereocenters. The molecular weight excluding hydrogens is 454 g/mol. The van der Waals surface area contributed by atoms with Gasteiger partial charge in [-0.25, -0.2) is 19.4 Å². The molecule has 1 aromatic carbocycles. The van der Waals surface area contributed by atoms with Crippen molar-refractivity contribution < 1.29 is 19.2 Å². The minimum atomic E-state index is -0.426. The molecule has 2 fully saturated rings. The maximum absolute atomic E-state index is 12.1. The summed E-state index contributed by atoms with van der Waals surface area (Å²) in [5.41, 5.74) is 1.42. The van der Waals surface area contributed by atoms with Gasteiger partial charge in [-0.3, -0.25) is 10.1 Å². The molecule has 0 saturated carbocycles. The first kappa shape index (κ1) is 23.0. The molecule has 2 aliphatic heterocycles. The molecule has 0 radical (unpaired) electrons. The Kier molecular flexibility index (Phi) is 6.45. The number of amides is 1. The number of nitro benzene ring substituents is 1. The van der Waals surface area contributed by atoms with Crippen LogP contribution in [0.4, 0.5) is 16.3 Å². The van der Waals surface area contributed by atoms with E-state index in [1.165, 1.54) is 12.1 Å². The molecule has 12 nitrogen and oxygen atoms in total. The number of aromatic nitrogens is 4. The Bertz CT molecular complexity index is 1210. The van der Waals surface area contributed by atoms with Gasteiger partial charge in [-0.1, -0.05) is 0 Å². The molecule has 4 heterocycles. The lowest BCUT2D eigenvalue weighted by atomic mass is 10.1. The fourth-order valence-electron chi connectivity index (χ4n) is 4.56. The number of rotatable bonds is 5. The molecule has 0 bridgehead atoms. The fourth-order valence-corrected chi connectivity index (χ4v) is 4.56. The van der Waals surface area contributed by atoms with Crippen LogP contribution < -0.4 is 4.90 Å². The number of nitrogens with zero attached hydrogens (tertiary/aromatic N) is 7. The standard InChI is InChI=1S/C23H27N7O5/c1-2-35-23(31)28-9-7-17(8-10-28)29-22-19(15-24-29)21(27-11-13-34-14-12-27)25-20(26-22)16-3-5-18(6-4-16)30(32)33/h3-6,15,17H,2,7-14H2,1H3. The second-order valence-corrected chi connectivity index (χ2v) is 8.52. The third-order valence-electron chi connectivity index (χ3n) is 6.42. The first-order valence-corrected chi connectivity index (χ1v) is 11.8. The number of ether oxygens (including phenoxy) is 2. The first-order chi connectivity index (χ1) is 17.0. The predicted octanol–water partition coefficient (Wildman–Crippen LogP) is 3.03. The van der Waals surface area contributed by atoms with Gasteiger partial charge >= 0.3 is 6.09 Å². The topological polar surface area (TPSA) is 129 Å². The third kappa shape index (κ3) is 4.61. The van der Waals surface area contributed by atoms with Crippen LogP contribution in [-0.4, -0.2) is 81.7 Å². The number of fused-ring (bicyclic) bond motifs is 1. The lowest BCUT2D eigenvalue weighted by Crippen LogP contribution is -2.39.